The number of rotatable bonds is 5. The summed E-state index contributed by atoms with van der Waals surface area (Å²) >= 11 is 4.05. The summed E-state index contributed by atoms with van der Waals surface area (Å²) < 4.78 is 1.70. The Morgan fingerprint density at radius 2 is 2.06 bits per heavy atom. The standard InChI is InChI=1S/C13H15N3OS/c17-13(14-8-9-18)10-16-12(6-7-15-16)11-4-2-1-3-5-11/h1-7,18H,8-10H2,(H,14,17). The van der Waals surface area contributed by atoms with Crippen molar-refractivity contribution in [3.05, 3.63) is 42.6 Å². The van der Waals surface area contributed by atoms with Crippen molar-refractivity contribution < 1.29 is 4.79 Å². The van der Waals surface area contributed by atoms with Crippen LogP contribution in [0.3, 0.4) is 0 Å². The van der Waals surface area contributed by atoms with E-state index in [-0.39, 0.29) is 12.5 Å². The smallest absolute Gasteiger partial charge is 0.241 e. The van der Waals surface area contributed by atoms with Crippen LogP contribution in [0.4, 0.5) is 0 Å². The molecule has 0 fully saturated rings. The molecule has 4 nitrogen and oxygen atoms in total. The molecule has 18 heavy (non-hydrogen) atoms. The first-order chi connectivity index (χ1) is 8.81. The first-order valence-electron chi connectivity index (χ1n) is 5.76. The average Bonchev–Trinajstić information content (AvgIpc) is 2.85. The Morgan fingerprint density at radius 3 is 2.78 bits per heavy atom. The van der Waals surface area contributed by atoms with Crippen LogP contribution in [0.25, 0.3) is 11.3 Å². The molecule has 0 saturated heterocycles. The van der Waals surface area contributed by atoms with Gasteiger partial charge in [0, 0.05) is 18.5 Å². The zero-order valence-corrected chi connectivity index (χ0v) is 10.8. The maximum atomic E-state index is 11.6. The highest BCUT2D eigenvalue weighted by Gasteiger charge is 2.08. The van der Waals surface area contributed by atoms with Gasteiger partial charge in [-0.1, -0.05) is 30.3 Å². The van der Waals surface area contributed by atoms with Crippen LogP contribution in [-0.4, -0.2) is 28.0 Å². The second-order valence-electron chi connectivity index (χ2n) is 3.81. The number of nitrogens with one attached hydrogen (secondary N) is 1. The van der Waals surface area contributed by atoms with Gasteiger partial charge in [-0.2, -0.15) is 17.7 Å². The van der Waals surface area contributed by atoms with Gasteiger partial charge < -0.3 is 5.32 Å². The van der Waals surface area contributed by atoms with Crippen molar-refractivity contribution in [2.45, 2.75) is 6.54 Å². The van der Waals surface area contributed by atoms with E-state index < -0.39 is 0 Å². The number of aromatic nitrogens is 2. The quantitative estimate of drug-likeness (QED) is 0.803. The fraction of sp³-hybridized carbons (Fsp3) is 0.231. The lowest BCUT2D eigenvalue weighted by atomic mass is 10.1. The summed E-state index contributed by atoms with van der Waals surface area (Å²) in [4.78, 5) is 11.6. The molecule has 0 aliphatic heterocycles. The number of carbonyl (C=O) groups excluding carboxylic acids is 1. The van der Waals surface area contributed by atoms with Gasteiger partial charge in [-0.3, -0.25) is 9.48 Å². The lowest BCUT2D eigenvalue weighted by molar-refractivity contribution is -0.121. The van der Waals surface area contributed by atoms with E-state index >= 15 is 0 Å². The van der Waals surface area contributed by atoms with Gasteiger partial charge in [0.2, 0.25) is 5.91 Å². The van der Waals surface area contributed by atoms with Crippen molar-refractivity contribution in [1.29, 1.82) is 0 Å². The summed E-state index contributed by atoms with van der Waals surface area (Å²) in [5, 5.41) is 6.95. The first-order valence-corrected chi connectivity index (χ1v) is 6.39. The minimum Gasteiger partial charge on any atom is -0.354 e. The van der Waals surface area contributed by atoms with Crippen molar-refractivity contribution in [3.63, 3.8) is 0 Å². The molecule has 0 aliphatic carbocycles. The molecule has 2 rings (SSSR count). The lowest BCUT2D eigenvalue weighted by Gasteiger charge is -2.07. The average molecular weight is 261 g/mol. The van der Waals surface area contributed by atoms with E-state index in [0.29, 0.717) is 12.3 Å². The fourth-order valence-electron chi connectivity index (χ4n) is 1.70. The van der Waals surface area contributed by atoms with Gasteiger partial charge in [0.1, 0.15) is 6.54 Å². The molecule has 0 bridgehead atoms. The number of hydrogen-bond acceptors (Lipinski definition) is 3. The number of carbonyl (C=O) groups is 1. The molecule has 1 N–H and O–H groups in total. The van der Waals surface area contributed by atoms with Gasteiger partial charge in [0.25, 0.3) is 0 Å². The van der Waals surface area contributed by atoms with Crippen LogP contribution >= 0.6 is 12.6 Å². The van der Waals surface area contributed by atoms with Gasteiger partial charge in [-0.15, -0.1) is 0 Å². The summed E-state index contributed by atoms with van der Waals surface area (Å²) in [6.07, 6.45) is 1.70. The maximum absolute atomic E-state index is 11.6. The molecular formula is C13H15N3OS. The zero-order valence-electron chi connectivity index (χ0n) is 9.91. The summed E-state index contributed by atoms with van der Waals surface area (Å²) in [5.41, 5.74) is 1.99. The van der Waals surface area contributed by atoms with Crippen molar-refractivity contribution >= 4 is 18.5 Å². The summed E-state index contributed by atoms with van der Waals surface area (Å²) in [6, 6.07) is 11.8. The molecule has 1 amide bonds. The summed E-state index contributed by atoms with van der Waals surface area (Å²) in [5.74, 6) is 0.584. The Balaban J connectivity index is 2.11. The van der Waals surface area contributed by atoms with Gasteiger partial charge in [0.15, 0.2) is 0 Å². The SMILES string of the molecule is O=C(Cn1nccc1-c1ccccc1)NCCS. The topological polar surface area (TPSA) is 46.9 Å². The van der Waals surface area contributed by atoms with Gasteiger partial charge in [0.05, 0.1) is 5.69 Å². The van der Waals surface area contributed by atoms with Crippen LogP contribution in [0.5, 0.6) is 0 Å². The van der Waals surface area contributed by atoms with Gasteiger partial charge >= 0.3 is 0 Å². The largest absolute Gasteiger partial charge is 0.354 e. The van der Waals surface area contributed by atoms with Crippen LogP contribution in [0.1, 0.15) is 0 Å². The van der Waals surface area contributed by atoms with Crippen molar-refractivity contribution in [2.24, 2.45) is 0 Å². The predicted octanol–water partition coefficient (Wildman–Crippen LogP) is 1.60. The maximum Gasteiger partial charge on any atom is 0.241 e. The number of thiol groups is 1. The molecule has 1 aromatic carbocycles. The van der Waals surface area contributed by atoms with Crippen molar-refractivity contribution in [3.8, 4) is 11.3 Å². The lowest BCUT2D eigenvalue weighted by Crippen LogP contribution is -2.29. The number of hydrogen-bond donors (Lipinski definition) is 2. The molecule has 1 aromatic heterocycles. The van der Waals surface area contributed by atoms with E-state index in [1.54, 1.807) is 10.9 Å². The third-order valence-corrected chi connectivity index (χ3v) is 2.74. The molecule has 0 saturated carbocycles. The second-order valence-corrected chi connectivity index (χ2v) is 4.26. The summed E-state index contributed by atoms with van der Waals surface area (Å²) in [6.45, 7) is 0.800. The van der Waals surface area contributed by atoms with Crippen LogP contribution in [0.2, 0.25) is 0 Å². The molecule has 0 unspecified atom stereocenters. The fourth-order valence-corrected chi connectivity index (χ4v) is 1.81. The highest BCUT2D eigenvalue weighted by atomic mass is 32.1. The molecule has 0 radical (unpaired) electrons. The Kier molecular flexibility index (Phi) is 4.41. The Bertz CT molecular complexity index is 510. The highest BCUT2D eigenvalue weighted by Crippen LogP contribution is 2.17. The third-order valence-electron chi connectivity index (χ3n) is 2.51. The zero-order chi connectivity index (χ0) is 12.8. The minimum atomic E-state index is -0.0510. The Morgan fingerprint density at radius 1 is 1.28 bits per heavy atom. The molecule has 0 spiro atoms. The van der Waals surface area contributed by atoms with Gasteiger partial charge in [-0.25, -0.2) is 0 Å². The molecule has 0 aliphatic rings. The Hall–Kier alpha value is -1.75. The molecule has 0 atom stereocenters. The highest BCUT2D eigenvalue weighted by molar-refractivity contribution is 7.80. The second kappa shape index (κ2) is 6.26. The van der Waals surface area contributed by atoms with Crippen molar-refractivity contribution in [1.82, 2.24) is 15.1 Å². The van der Waals surface area contributed by atoms with E-state index in [2.05, 4.69) is 23.0 Å². The predicted molar refractivity (Wildman–Crippen MR) is 74.5 cm³/mol. The third kappa shape index (κ3) is 3.13. The van der Waals surface area contributed by atoms with E-state index in [1.165, 1.54) is 0 Å². The summed E-state index contributed by atoms with van der Waals surface area (Å²) in [7, 11) is 0. The Labute approximate surface area is 111 Å². The molecule has 94 valence electrons. The van der Waals surface area contributed by atoms with Crippen LogP contribution < -0.4 is 5.32 Å². The van der Waals surface area contributed by atoms with Crippen LogP contribution in [0.15, 0.2) is 42.6 Å². The number of amides is 1. The monoisotopic (exact) mass is 261 g/mol. The van der Waals surface area contributed by atoms with E-state index in [9.17, 15) is 4.79 Å². The van der Waals surface area contributed by atoms with Crippen LogP contribution in [0, 0.1) is 0 Å². The van der Waals surface area contributed by atoms with Crippen molar-refractivity contribution in [2.75, 3.05) is 12.3 Å². The number of benzene rings is 1. The van der Waals surface area contributed by atoms with E-state index in [1.807, 2.05) is 36.4 Å². The molecule has 5 heteroatoms. The molecular weight excluding hydrogens is 246 g/mol. The first kappa shape index (κ1) is 12.7. The van der Waals surface area contributed by atoms with E-state index in [4.69, 9.17) is 0 Å². The number of nitrogens with zero attached hydrogens (tertiary/aromatic N) is 2. The van der Waals surface area contributed by atoms with Crippen LogP contribution in [-0.2, 0) is 11.3 Å². The normalized spacial score (nSPS) is 10.3. The van der Waals surface area contributed by atoms with Gasteiger partial charge in [-0.05, 0) is 11.6 Å². The minimum absolute atomic E-state index is 0.0510. The molecule has 1 heterocycles. The van der Waals surface area contributed by atoms with E-state index in [0.717, 1.165) is 11.3 Å². The molecule has 2 aromatic rings.